The molecule has 0 radical (unpaired) electrons. The first kappa shape index (κ1) is 10.8. The lowest BCUT2D eigenvalue weighted by Gasteiger charge is -2.02. The molecule has 1 rings (SSSR count). The normalized spacial score (nSPS) is 10.8. The minimum atomic E-state index is -2.54. The Morgan fingerprint density at radius 1 is 1.42 bits per heavy atom. The van der Waals surface area contributed by atoms with Crippen molar-refractivity contribution in [3.05, 3.63) is 24.1 Å². The first-order valence-corrected chi connectivity index (χ1v) is 5.35. The molecule has 0 saturated heterocycles. The van der Waals surface area contributed by atoms with Gasteiger partial charge >= 0.3 is 0 Å². The van der Waals surface area contributed by atoms with Crippen LogP contribution in [0.4, 0.5) is 8.78 Å². The van der Waals surface area contributed by atoms with E-state index in [1.807, 2.05) is 45.2 Å². The van der Waals surface area contributed by atoms with Crippen LogP contribution in [-0.4, -0.2) is 4.98 Å². The summed E-state index contributed by atoms with van der Waals surface area (Å²) in [6.45, 7) is 0. The van der Waals surface area contributed by atoms with Crippen molar-refractivity contribution in [2.75, 3.05) is 0 Å². The van der Waals surface area contributed by atoms with E-state index in [4.69, 9.17) is 11.6 Å². The second-order valence-corrected chi connectivity index (χ2v) is 4.50. The van der Waals surface area contributed by atoms with Crippen LogP contribution in [0.15, 0.2) is 6.07 Å². The molecule has 12 heavy (non-hydrogen) atoms. The molecule has 1 aromatic heterocycles. The van der Waals surface area contributed by atoms with Gasteiger partial charge in [-0.3, -0.25) is 0 Å². The van der Waals surface area contributed by atoms with Gasteiger partial charge in [0.2, 0.25) is 0 Å². The zero-order valence-electron chi connectivity index (χ0n) is 5.49. The van der Waals surface area contributed by atoms with Gasteiger partial charge in [0.25, 0.3) is 6.43 Å². The Balaban J connectivity index is 3.21. The van der Waals surface area contributed by atoms with E-state index in [1.165, 1.54) is 6.07 Å². The van der Waals surface area contributed by atoms with Crippen molar-refractivity contribution in [3.8, 4) is 0 Å². The van der Waals surface area contributed by atoms with Gasteiger partial charge in [-0.15, -0.1) is 0 Å². The van der Waals surface area contributed by atoms with Crippen LogP contribution < -0.4 is 0 Å². The lowest BCUT2D eigenvalue weighted by Crippen LogP contribution is -1.95. The number of pyridine rings is 1. The van der Waals surface area contributed by atoms with E-state index in [0.29, 0.717) is 12.3 Å². The zero-order valence-corrected chi connectivity index (χ0v) is 10.6. The Kier molecular flexibility index (Phi) is 3.90. The van der Waals surface area contributed by atoms with E-state index >= 15 is 0 Å². The standard InChI is InChI=1S/C6H2ClF2I2N/c7-4-2(10)1-3(5(8)9)12-6(4)11/h1,5H. The topological polar surface area (TPSA) is 12.9 Å². The summed E-state index contributed by atoms with van der Waals surface area (Å²) in [4.78, 5) is 3.63. The minimum absolute atomic E-state index is 0.229. The Morgan fingerprint density at radius 2 is 2.00 bits per heavy atom. The van der Waals surface area contributed by atoms with Gasteiger partial charge in [0.15, 0.2) is 0 Å². The van der Waals surface area contributed by atoms with Crippen molar-refractivity contribution in [3.63, 3.8) is 0 Å². The molecule has 0 aliphatic rings. The maximum absolute atomic E-state index is 12.1. The van der Waals surface area contributed by atoms with Crippen LogP contribution >= 0.6 is 56.8 Å². The Labute approximate surface area is 100 Å². The number of aromatic nitrogens is 1. The Hall–Kier alpha value is 0.760. The molecule has 1 nitrogen and oxygen atoms in total. The molecule has 0 N–H and O–H groups in total. The summed E-state index contributed by atoms with van der Waals surface area (Å²) in [7, 11) is 0. The average Bonchev–Trinajstić information content (AvgIpc) is 1.99. The first-order chi connectivity index (χ1) is 5.52. The molecule has 0 fully saturated rings. The van der Waals surface area contributed by atoms with Gasteiger partial charge in [-0.2, -0.15) is 0 Å². The number of halogens is 5. The van der Waals surface area contributed by atoms with Crippen molar-refractivity contribution in [1.82, 2.24) is 4.98 Å². The maximum atomic E-state index is 12.1. The Morgan fingerprint density at radius 3 is 2.42 bits per heavy atom. The molecule has 6 heteroatoms. The third kappa shape index (κ3) is 2.38. The van der Waals surface area contributed by atoms with Gasteiger partial charge in [0.1, 0.15) is 9.39 Å². The van der Waals surface area contributed by atoms with E-state index in [-0.39, 0.29) is 5.69 Å². The predicted octanol–water partition coefficient (Wildman–Crippen LogP) is 3.88. The highest BCUT2D eigenvalue weighted by Gasteiger charge is 2.13. The highest BCUT2D eigenvalue weighted by atomic mass is 127. The summed E-state index contributed by atoms with van der Waals surface area (Å²) in [6.07, 6.45) is -2.54. The van der Waals surface area contributed by atoms with Gasteiger partial charge in [0, 0.05) is 3.57 Å². The number of nitrogens with zero attached hydrogens (tertiary/aromatic N) is 1. The van der Waals surface area contributed by atoms with Crippen LogP contribution in [-0.2, 0) is 0 Å². The smallest absolute Gasteiger partial charge is 0.239 e. The van der Waals surface area contributed by atoms with E-state index in [1.54, 1.807) is 0 Å². The molecule has 1 aromatic rings. The van der Waals surface area contributed by atoms with Crippen LogP contribution in [0.25, 0.3) is 0 Å². The number of alkyl halides is 2. The summed E-state index contributed by atoms with van der Waals surface area (Å²) in [5, 5.41) is 0.431. The monoisotopic (exact) mass is 415 g/mol. The van der Waals surface area contributed by atoms with Gasteiger partial charge in [-0.05, 0) is 51.2 Å². The number of hydrogen-bond donors (Lipinski definition) is 0. The third-order valence-electron chi connectivity index (χ3n) is 1.12. The van der Waals surface area contributed by atoms with Gasteiger partial charge in [-0.25, -0.2) is 13.8 Å². The second kappa shape index (κ2) is 4.32. The van der Waals surface area contributed by atoms with E-state index < -0.39 is 6.43 Å². The van der Waals surface area contributed by atoms with Gasteiger partial charge in [-0.1, -0.05) is 11.6 Å². The van der Waals surface area contributed by atoms with Crippen molar-refractivity contribution in [2.45, 2.75) is 6.43 Å². The van der Waals surface area contributed by atoms with Crippen LogP contribution in [0.3, 0.4) is 0 Å². The molecule has 0 aromatic carbocycles. The van der Waals surface area contributed by atoms with Gasteiger partial charge < -0.3 is 0 Å². The predicted molar refractivity (Wildman–Crippen MR) is 59.6 cm³/mol. The summed E-state index contributed by atoms with van der Waals surface area (Å²) in [6, 6.07) is 1.29. The SMILES string of the molecule is FC(F)c1cc(I)c(Cl)c(I)n1. The largest absolute Gasteiger partial charge is 0.280 e. The highest BCUT2D eigenvalue weighted by molar-refractivity contribution is 14.1. The molecule has 0 bridgehead atoms. The average molecular weight is 415 g/mol. The summed E-state index contributed by atoms with van der Waals surface area (Å²) in [5.74, 6) is 0. The fourth-order valence-electron chi connectivity index (χ4n) is 0.598. The summed E-state index contributed by atoms with van der Waals surface area (Å²) < 4.78 is 25.3. The zero-order chi connectivity index (χ0) is 9.30. The molecule has 0 unspecified atom stereocenters. The van der Waals surface area contributed by atoms with Gasteiger partial charge in [0.05, 0.1) is 5.02 Å². The molecule has 0 amide bonds. The second-order valence-electron chi connectivity index (χ2n) is 1.93. The molecule has 0 saturated carbocycles. The van der Waals surface area contributed by atoms with E-state index in [2.05, 4.69) is 4.98 Å². The quantitative estimate of drug-likeness (QED) is 0.501. The van der Waals surface area contributed by atoms with Crippen LogP contribution in [0.5, 0.6) is 0 Å². The minimum Gasteiger partial charge on any atom is -0.239 e. The van der Waals surface area contributed by atoms with E-state index in [0.717, 1.165) is 0 Å². The van der Waals surface area contributed by atoms with Crippen LogP contribution in [0, 0.1) is 7.27 Å². The van der Waals surface area contributed by atoms with Crippen molar-refractivity contribution < 1.29 is 8.78 Å². The fourth-order valence-corrected chi connectivity index (χ4v) is 2.35. The molecule has 1 heterocycles. The Bertz CT molecular complexity index is 283. The summed E-state index contributed by atoms with van der Waals surface area (Å²) in [5.41, 5.74) is -0.229. The molecular weight excluding hydrogens is 413 g/mol. The molecule has 66 valence electrons. The van der Waals surface area contributed by atoms with Crippen molar-refractivity contribution in [1.29, 1.82) is 0 Å². The first-order valence-electron chi connectivity index (χ1n) is 2.82. The molecule has 0 aliphatic carbocycles. The molecule has 0 aliphatic heterocycles. The van der Waals surface area contributed by atoms with Crippen molar-refractivity contribution in [2.24, 2.45) is 0 Å². The molecular formula is C6H2ClF2I2N. The number of rotatable bonds is 1. The van der Waals surface area contributed by atoms with Crippen LogP contribution in [0.1, 0.15) is 12.1 Å². The van der Waals surface area contributed by atoms with Crippen LogP contribution in [0.2, 0.25) is 5.02 Å². The number of hydrogen-bond acceptors (Lipinski definition) is 1. The third-order valence-corrected chi connectivity index (χ3v) is 3.77. The molecule has 0 spiro atoms. The van der Waals surface area contributed by atoms with Crippen molar-refractivity contribution >= 4 is 56.8 Å². The summed E-state index contributed by atoms with van der Waals surface area (Å²) >= 11 is 9.46. The lowest BCUT2D eigenvalue weighted by atomic mass is 10.4. The molecule has 0 atom stereocenters. The maximum Gasteiger partial charge on any atom is 0.280 e. The fraction of sp³-hybridized carbons (Fsp3) is 0.167. The highest BCUT2D eigenvalue weighted by Crippen LogP contribution is 2.27. The lowest BCUT2D eigenvalue weighted by molar-refractivity contribution is 0.146. The van der Waals surface area contributed by atoms with E-state index in [9.17, 15) is 8.78 Å².